The molecule has 148 valence electrons. The fraction of sp³-hybridized carbons (Fsp3) is 0.571. The highest BCUT2D eigenvalue weighted by Crippen LogP contribution is 2.46. The molecular formula is C21H29ClN2O3. The van der Waals surface area contributed by atoms with Crippen molar-refractivity contribution in [3.05, 3.63) is 29.5 Å². The zero-order valence-electron chi connectivity index (χ0n) is 16.1. The third-order valence-corrected chi connectivity index (χ3v) is 5.81. The first-order valence-corrected chi connectivity index (χ1v) is 9.83. The van der Waals surface area contributed by atoms with Crippen LogP contribution in [0, 0.1) is 0 Å². The lowest BCUT2D eigenvalue weighted by Crippen LogP contribution is -2.37. The number of hydrogen-bond donors (Lipinski definition) is 1. The number of esters is 1. The van der Waals surface area contributed by atoms with E-state index in [1.54, 1.807) is 7.11 Å². The number of carbonyl (C=O) groups excluding carboxylic acids is 1. The summed E-state index contributed by atoms with van der Waals surface area (Å²) in [5.74, 6) is 1.23. The van der Waals surface area contributed by atoms with E-state index in [0.29, 0.717) is 12.5 Å². The SMILES string of the molecule is CCCCCCOC(=O)C1c2[nH]c3ccc(OC)cc3c2C2CCN1C2.Cl. The number of methoxy groups -OCH3 is 1. The minimum absolute atomic E-state index is 0. The molecule has 1 saturated heterocycles. The van der Waals surface area contributed by atoms with Gasteiger partial charge < -0.3 is 14.5 Å². The van der Waals surface area contributed by atoms with E-state index in [2.05, 4.69) is 22.9 Å². The monoisotopic (exact) mass is 392 g/mol. The van der Waals surface area contributed by atoms with Crippen LogP contribution < -0.4 is 4.74 Å². The molecule has 2 bridgehead atoms. The first-order chi connectivity index (χ1) is 12.7. The maximum absolute atomic E-state index is 12.9. The number of aromatic nitrogens is 1. The normalized spacial score (nSPS) is 23.0. The highest BCUT2D eigenvalue weighted by molar-refractivity contribution is 5.90. The number of hydrogen-bond acceptors (Lipinski definition) is 4. The predicted molar refractivity (Wildman–Crippen MR) is 109 cm³/mol. The van der Waals surface area contributed by atoms with Gasteiger partial charge in [0.2, 0.25) is 0 Å². The molecule has 1 aromatic heterocycles. The van der Waals surface area contributed by atoms with Gasteiger partial charge in [0, 0.05) is 29.1 Å². The van der Waals surface area contributed by atoms with Crippen LogP contribution in [-0.2, 0) is 9.53 Å². The third kappa shape index (κ3) is 3.67. The summed E-state index contributed by atoms with van der Waals surface area (Å²) >= 11 is 0. The van der Waals surface area contributed by atoms with Crippen LogP contribution in [0.1, 0.15) is 62.2 Å². The van der Waals surface area contributed by atoms with Gasteiger partial charge in [-0.15, -0.1) is 12.4 Å². The van der Waals surface area contributed by atoms with Gasteiger partial charge in [0.25, 0.3) is 0 Å². The number of H-pyrrole nitrogens is 1. The van der Waals surface area contributed by atoms with Gasteiger partial charge in [-0.3, -0.25) is 4.90 Å². The van der Waals surface area contributed by atoms with Crippen LogP contribution in [-0.4, -0.2) is 42.7 Å². The highest BCUT2D eigenvalue weighted by atomic mass is 35.5. The fourth-order valence-corrected chi connectivity index (χ4v) is 4.48. The molecule has 0 amide bonds. The summed E-state index contributed by atoms with van der Waals surface area (Å²) in [6, 6.07) is 5.80. The van der Waals surface area contributed by atoms with Gasteiger partial charge in [0.05, 0.1) is 13.7 Å². The quantitative estimate of drug-likeness (QED) is 0.554. The van der Waals surface area contributed by atoms with Crippen molar-refractivity contribution in [3.63, 3.8) is 0 Å². The lowest BCUT2D eigenvalue weighted by Gasteiger charge is -2.30. The first-order valence-electron chi connectivity index (χ1n) is 9.83. The van der Waals surface area contributed by atoms with E-state index < -0.39 is 0 Å². The smallest absolute Gasteiger partial charge is 0.329 e. The van der Waals surface area contributed by atoms with Gasteiger partial charge >= 0.3 is 5.97 Å². The lowest BCUT2D eigenvalue weighted by atomic mass is 9.90. The second-order valence-electron chi connectivity index (χ2n) is 7.48. The van der Waals surface area contributed by atoms with E-state index >= 15 is 0 Å². The number of fused-ring (bicyclic) bond motifs is 6. The molecule has 1 N–H and O–H groups in total. The molecule has 3 atom stereocenters. The summed E-state index contributed by atoms with van der Waals surface area (Å²) in [6.07, 6.45) is 5.55. The number of unbranched alkanes of at least 4 members (excludes halogenated alkanes) is 3. The lowest BCUT2D eigenvalue weighted by molar-refractivity contribution is -0.150. The molecular weight excluding hydrogens is 364 g/mol. The summed E-state index contributed by atoms with van der Waals surface area (Å²) in [5, 5.41) is 1.19. The molecule has 0 saturated carbocycles. The first kappa shape index (κ1) is 20.0. The predicted octanol–water partition coefficient (Wildman–Crippen LogP) is 4.57. The van der Waals surface area contributed by atoms with Crippen LogP contribution in [0.3, 0.4) is 0 Å². The molecule has 0 radical (unpaired) electrons. The van der Waals surface area contributed by atoms with Crippen LogP contribution in [0.25, 0.3) is 10.9 Å². The molecule has 2 aromatic rings. The van der Waals surface area contributed by atoms with E-state index in [1.807, 2.05) is 12.1 Å². The fourth-order valence-electron chi connectivity index (χ4n) is 4.48. The Balaban J connectivity index is 0.00000210. The minimum atomic E-state index is -0.298. The molecule has 5 nitrogen and oxygen atoms in total. The molecule has 2 aliphatic heterocycles. The van der Waals surface area contributed by atoms with Gasteiger partial charge in [-0.2, -0.15) is 0 Å². The van der Waals surface area contributed by atoms with Crippen molar-refractivity contribution >= 4 is 29.3 Å². The van der Waals surface area contributed by atoms with Crippen LogP contribution in [0.2, 0.25) is 0 Å². The zero-order chi connectivity index (χ0) is 18.1. The Kier molecular flexibility index (Phi) is 6.33. The molecule has 1 fully saturated rings. The summed E-state index contributed by atoms with van der Waals surface area (Å²) in [4.78, 5) is 18.7. The Morgan fingerprint density at radius 2 is 2.15 bits per heavy atom. The van der Waals surface area contributed by atoms with Gasteiger partial charge in [-0.1, -0.05) is 26.2 Å². The van der Waals surface area contributed by atoms with Gasteiger partial charge in [-0.05, 0) is 43.1 Å². The Bertz CT molecular complexity index is 804. The summed E-state index contributed by atoms with van der Waals surface area (Å²) in [6.45, 7) is 4.60. The Hall–Kier alpha value is -1.72. The number of ether oxygens (including phenoxy) is 2. The molecule has 2 aliphatic rings. The van der Waals surface area contributed by atoms with Gasteiger partial charge in [0.15, 0.2) is 0 Å². The van der Waals surface area contributed by atoms with Gasteiger partial charge in [0.1, 0.15) is 11.8 Å². The second kappa shape index (κ2) is 8.53. The zero-order valence-corrected chi connectivity index (χ0v) is 16.9. The van der Waals surface area contributed by atoms with Crippen molar-refractivity contribution in [2.24, 2.45) is 0 Å². The molecule has 3 heterocycles. The Morgan fingerprint density at radius 1 is 1.30 bits per heavy atom. The minimum Gasteiger partial charge on any atom is -0.497 e. The van der Waals surface area contributed by atoms with Gasteiger partial charge in [-0.25, -0.2) is 4.79 Å². The van der Waals surface area contributed by atoms with Crippen molar-refractivity contribution in [1.82, 2.24) is 9.88 Å². The van der Waals surface area contributed by atoms with E-state index in [-0.39, 0.29) is 24.4 Å². The third-order valence-electron chi connectivity index (χ3n) is 5.81. The Morgan fingerprint density at radius 3 is 2.93 bits per heavy atom. The summed E-state index contributed by atoms with van der Waals surface area (Å²) < 4.78 is 11.1. The van der Waals surface area contributed by atoms with Crippen LogP contribution in [0.5, 0.6) is 5.75 Å². The number of benzene rings is 1. The molecule has 0 aliphatic carbocycles. The molecule has 3 unspecified atom stereocenters. The molecule has 4 rings (SSSR count). The number of carbonyl (C=O) groups is 1. The number of aromatic amines is 1. The summed E-state index contributed by atoms with van der Waals surface area (Å²) in [5.41, 5.74) is 3.39. The summed E-state index contributed by atoms with van der Waals surface area (Å²) in [7, 11) is 1.69. The molecule has 0 spiro atoms. The van der Waals surface area contributed by atoms with Crippen LogP contribution in [0.4, 0.5) is 0 Å². The Labute approximate surface area is 166 Å². The molecule has 1 aromatic carbocycles. The number of nitrogens with one attached hydrogen (secondary N) is 1. The van der Waals surface area contributed by atoms with Crippen molar-refractivity contribution in [2.45, 2.75) is 51.0 Å². The van der Waals surface area contributed by atoms with E-state index in [0.717, 1.165) is 49.3 Å². The van der Waals surface area contributed by atoms with Crippen molar-refractivity contribution in [2.75, 3.05) is 26.8 Å². The number of halogens is 1. The standard InChI is InChI=1S/C21H28N2O3.ClH/c1-3-4-5-6-11-26-21(24)20-19-18(14-9-10-23(20)13-14)16-12-15(25-2)7-8-17(16)22-19;/h7-8,12,14,20,22H,3-6,9-11,13H2,1-2H3;1H. The highest BCUT2D eigenvalue weighted by Gasteiger charge is 2.44. The number of nitrogens with zero attached hydrogens (tertiary/aromatic N) is 1. The average molecular weight is 393 g/mol. The second-order valence-corrected chi connectivity index (χ2v) is 7.48. The maximum Gasteiger partial charge on any atom is 0.329 e. The topological polar surface area (TPSA) is 54.6 Å². The van der Waals surface area contributed by atoms with Crippen molar-refractivity contribution < 1.29 is 14.3 Å². The van der Waals surface area contributed by atoms with E-state index in [4.69, 9.17) is 9.47 Å². The maximum atomic E-state index is 12.9. The largest absolute Gasteiger partial charge is 0.497 e. The van der Waals surface area contributed by atoms with Crippen LogP contribution >= 0.6 is 12.4 Å². The molecule has 27 heavy (non-hydrogen) atoms. The molecule has 6 heteroatoms. The number of rotatable bonds is 7. The average Bonchev–Trinajstić information content (AvgIpc) is 3.23. The van der Waals surface area contributed by atoms with Crippen LogP contribution in [0.15, 0.2) is 18.2 Å². The van der Waals surface area contributed by atoms with Crippen molar-refractivity contribution in [3.8, 4) is 5.75 Å². The van der Waals surface area contributed by atoms with E-state index in [1.165, 1.54) is 23.8 Å². The van der Waals surface area contributed by atoms with Crippen molar-refractivity contribution in [1.29, 1.82) is 0 Å². The van der Waals surface area contributed by atoms with E-state index in [9.17, 15) is 4.79 Å².